The highest BCUT2D eigenvalue weighted by Gasteiger charge is 2.16. The predicted molar refractivity (Wildman–Crippen MR) is 119 cm³/mol. The first-order valence-corrected chi connectivity index (χ1v) is 10.5. The largest absolute Gasteiger partial charge is 0.310 e. The molecule has 0 spiro atoms. The lowest BCUT2D eigenvalue weighted by Gasteiger charge is -2.07. The van der Waals surface area contributed by atoms with Crippen LogP contribution in [0.3, 0.4) is 0 Å². The van der Waals surface area contributed by atoms with Gasteiger partial charge < -0.3 is 5.32 Å². The topological polar surface area (TPSA) is 54.9 Å². The van der Waals surface area contributed by atoms with Gasteiger partial charge in [-0.15, -0.1) is 11.3 Å². The summed E-state index contributed by atoms with van der Waals surface area (Å²) in [7, 11) is 0. The van der Waals surface area contributed by atoms with Crippen LogP contribution in [-0.2, 0) is 17.6 Å². The number of nitrogens with one attached hydrogen (secondary N) is 1. The number of aromatic nitrogens is 2. The van der Waals surface area contributed by atoms with Crippen LogP contribution in [0.4, 0.5) is 10.2 Å². The highest BCUT2D eigenvalue weighted by atomic mass is 32.1. The Morgan fingerprint density at radius 1 is 1.03 bits per heavy atom. The maximum atomic E-state index is 13.8. The van der Waals surface area contributed by atoms with E-state index < -0.39 is 0 Å². The highest BCUT2D eigenvalue weighted by Crippen LogP contribution is 2.37. The molecule has 0 aliphatic heterocycles. The second kappa shape index (κ2) is 8.97. The number of amides is 1. The molecular formula is C24H20FN3OS. The molecule has 4 aromatic rings. The van der Waals surface area contributed by atoms with Crippen molar-refractivity contribution < 1.29 is 9.18 Å². The fourth-order valence-corrected chi connectivity index (χ4v) is 4.17. The van der Waals surface area contributed by atoms with Crippen molar-refractivity contribution in [2.24, 2.45) is 0 Å². The molecule has 4 nitrogen and oxygen atoms in total. The molecule has 2 aromatic heterocycles. The average molecular weight is 418 g/mol. The lowest BCUT2D eigenvalue weighted by molar-refractivity contribution is -0.115. The number of thiazole rings is 1. The zero-order chi connectivity index (χ0) is 20.9. The normalized spacial score (nSPS) is 10.7. The molecule has 0 bridgehead atoms. The van der Waals surface area contributed by atoms with Crippen molar-refractivity contribution in [3.05, 3.63) is 89.3 Å². The Morgan fingerprint density at radius 2 is 1.87 bits per heavy atom. The summed E-state index contributed by atoms with van der Waals surface area (Å²) in [6, 6.07) is 19.7. The molecule has 1 amide bonds. The molecule has 0 fully saturated rings. The van der Waals surface area contributed by atoms with Gasteiger partial charge in [-0.3, -0.25) is 4.79 Å². The van der Waals surface area contributed by atoms with Crippen molar-refractivity contribution in [3.63, 3.8) is 0 Å². The molecule has 0 saturated carbocycles. The monoisotopic (exact) mass is 417 g/mol. The molecule has 0 aliphatic carbocycles. The first-order valence-electron chi connectivity index (χ1n) is 9.68. The lowest BCUT2D eigenvalue weighted by atomic mass is 10.1. The zero-order valence-corrected chi connectivity index (χ0v) is 17.2. The summed E-state index contributed by atoms with van der Waals surface area (Å²) in [6.45, 7) is 2.04. The summed E-state index contributed by atoms with van der Waals surface area (Å²) < 4.78 is 13.8. The highest BCUT2D eigenvalue weighted by molar-refractivity contribution is 7.15. The number of carbonyl (C=O) groups is 1. The second-order valence-corrected chi connectivity index (χ2v) is 7.87. The molecular weight excluding hydrogens is 397 g/mol. The van der Waals surface area contributed by atoms with E-state index in [-0.39, 0.29) is 18.1 Å². The molecule has 1 N–H and O–H groups in total. The molecule has 0 unspecified atom stereocenters. The van der Waals surface area contributed by atoms with Crippen molar-refractivity contribution in [3.8, 4) is 21.7 Å². The van der Waals surface area contributed by atoms with Crippen molar-refractivity contribution in [1.82, 2.24) is 9.97 Å². The first-order chi connectivity index (χ1) is 14.6. The summed E-state index contributed by atoms with van der Waals surface area (Å²) in [5.41, 5.74) is 3.29. The van der Waals surface area contributed by atoms with E-state index in [1.54, 1.807) is 23.6 Å². The molecule has 0 radical (unpaired) electrons. The number of halogens is 1. The van der Waals surface area contributed by atoms with Gasteiger partial charge in [-0.05, 0) is 41.8 Å². The van der Waals surface area contributed by atoms with E-state index >= 15 is 0 Å². The minimum absolute atomic E-state index is 0.130. The number of anilines is 1. The van der Waals surface area contributed by atoms with Crippen LogP contribution < -0.4 is 5.32 Å². The third-order valence-corrected chi connectivity index (χ3v) is 5.82. The van der Waals surface area contributed by atoms with E-state index in [0.29, 0.717) is 5.82 Å². The average Bonchev–Trinajstić information content (AvgIpc) is 3.19. The van der Waals surface area contributed by atoms with Gasteiger partial charge in [0.15, 0.2) is 0 Å². The molecule has 0 saturated heterocycles. The number of hydrogen-bond acceptors (Lipinski definition) is 4. The molecule has 0 atom stereocenters. The standard InChI is InChI=1S/C24H20FN3OS/c1-2-22-28-23(17-9-6-10-19(25)14-17)24(30-22)18-11-12-26-20(15-18)27-21(29)13-16-7-4-3-5-8-16/h3-12,14-15H,2,13H2,1H3,(H,26,27,29). The van der Waals surface area contributed by atoms with Crippen LogP contribution in [0.1, 0.15) is 17.5 Å². The van der Waals surface area contributed by atoms with E-state index in [9.17, 15) is 9.18 Å². The van der Waals surface area contributed by atoms with Gasteiger partial charge in [-0.25, -0.2) is 14.4 Å². The van der Waals surface area contributed by atoms with E-state index in [1.165, 1.54) is 12.1 Å². The van der Waals surface area contributed by atoms with Crippen molar-refractivity contribution >= 4 is 23.1 Å². The van der Waals surface area contributed by atoms with Gasteiger partial charge in [0.05, 0.1) is 22.0 Å². The molecule has 2 aromatic carbocycles. The van der Waals surface area contributed by atoms with Gasteiger partial charge >= 0.3 is 0 Å². The van der Waals surface area contributed by atoms with Crippen molar-refractivity contribution in [1.29, 1.82) is 0 Å². The number of nitrogens with zero attached hydrogens (tertiary/aromatic N) is 2. The number of pyridine rings is 1. The van der Waals surface area contributed by atoms with Crippen LogP contribution in [-0.4, -0.2) is 15.9 Å². The third-order valence-electron chi connectivity index (χ3n) is 4.57. The van der Waals surface area contributed by atoms with Crippen LogP contribution >= 0.6 is 11.3 Å². The van der Waals surface area contributed by atoms with E-state index in [0.717, 1.165) is 38.7 Å². The van der Waals surface area contributed by atoms with E-state index in [1.807, 2.05) is 55.5 Å². The fourth-order valence-electron chi connectivity index (χ4n) is 3.15. The first kappa shape index (κ1) is 19.9. The summed E-state index contributed by atoms with van der Waals surface area (Å²) in [5.74, 6) is 0.0490. The fraction of sp³-hybridized carbons (Fsp3) is 0.125. The van der Waals surface area contributed by atoms with E-state index in [2.05, 4.69) is 10.3 Å². The maximum absolute atomic E-state index is 13.8. The van der Waals surface area contributed by atoms with Gasteiger partial charge in [-0.1, -0.05) is 49.4 Å². The predicted octanol–water partition coefficient (Wildman–Crippen LogP) is 5.75. The van der Waals surface area contributed by atoms with Gasteiger partial charge in [0.2, 0.25) is 5.91 Å². The summed E-state index contributed by atoms with van der Waals surface area (Å²) in [5, 5.41) is 3.83. The third kappa shape index (κ3) is 4.60. The Balaban J connectivity index is 1.62. The smallest absolute Gasteiger partial charge is 0.229 e. The van der Waals surface area contributed by atoms with Crippen molar-refractivity contribution in [2.75, 3.05) is 5.32 Å². The number of aryl methyl sites for hydroxylation is 1. The maximum Gasteiger partial charge on any atom is 0.229 e. The van der Waals surface area contributed by atoms with Gasteiger partial charge in [-0.2, -0.15) is 0 Å². The minimum atomic E-state index is -0.298. The van der Waals surface area contributed by atoms with Gasteiger partial charge in [0.25, 0.3) is 0 Å². The summed E-state index contributed by atoms with van der Waals surface area (Å²) in [6.07, 6.45) is 2.73. The quantitative estimate of drug-likeness (QED) is 0.434. The van der Waals surface area contributed by atoms with Gasteiger partial charge in [0.1, 0.15) is 11.6 Å². The minimum Gasteiger partial charge on any atom is -0.310 e. The Hall–Kier alpha value is -3.38. The Labute approximate surface area is 178 Å². The molecule has 4 rings (SSSR count). The summed E-state index contributed by atoms with van der Waals surface area (Å²) >= 11 is 1.57. The number of hydrogen-bond donors (Lipinski definition) is 1. The number of benzene rings is 2. The van der Waals surface area contributed by atoms with Crippen LogP contribution in [0.5, 0.6) is 0 Å². The van der Waals surface area contributed by atoms with Crippen LogP contribution in [0.15, 0.2) is 72.9 Å². The Bertz CT molecular complexity index is 1170. The number of rotatable bonds is 6. The molecule has 30 heavy (non-hydrogen) atoms. The SMILES string of the molecule is CCc1nc(-c2cccc(F)c2)c(-c2ccnc(NC(=O)Cc3ccccc3)c2)s1. The Morgan fingerprint density at radius 3 is 2.63 bits per heavy atom. The van der Waals surface area contributed by atoms with E-state index in [4.69, 9.17) is 4.98 Å². The van der Waals surface area contributed by atoms with Crippen molar-refractivity contribution in [2.45, 2.75) is 19.8 Å². The van der Waals surface area contributed by atoms with Crippen LogP contribution in [0.25, 0.3) is 21.7 Å². The van der Waals surface area contributed by atoms with Gasteiger partial charge in [0, 0.05) is 11.8 Å². The lowest BCUT2D eigenvalue weighted by Crippen LogP contribution is -2.15. The molecule has 150 valence electrons. The summed E-state index contributed by atoms with van der Waals surface area (Å²) in [4.78, 5) is 22.3. The zero-order valence-electron chi connectivity index (χ0n) is 16.4. The van der Waals surface area contributed by atoms with Crippen LogP contribution in [0, 0.1) is 5.82 Å². The second-order valence-electron chi connectivity index (χ2n) is 6.79. The molecule has 0 aliphatic rings. The van der Waals surface area contributed by atoms with Crippen LogP contribution in [0.2, 0.25) is 0 Å². The Kier molecular flexibility index (Phi) is 5.95. The molecule has 6 heteroatoms. The number of carbonyl (C=O) groups excluding carboxylic acids is 1. The molecule has 2 heterocycles.